The van der Waals surface area contributed by atoms with Crippen LogP contribution in [0.4, 0.5) is 11.4 Å². The molecule has 4 aliphatic carbocycles. The fourth-order valence-corrected chi connectivity index (χ4v) is 5.14. The Bertz CT molecular complexity index is 925. The number of rotatable bonds is 3. The zero-order valence-electron chi connectivity index (χ0n) is 13.5. The van der Waals surface area contributed by atoms with Crippen LogP contribution in [0, 0.1) is 32.1 Å². The lowest BCUT2D eigenvalue weighted by atomic mass is 9.68. The van der Waals surface area contributed by atoms with Crippen molar-refractivity contribution in [3.8, 4) is 17.4 Å². The summed E-state index contributed by atoms with van der Waals surface area (Å²) < 4.78 is 1.11. The van der Waals surface area contributed by atoms with Gasteiger partial charge in [-0.2, -0.15) is 0 Å². The van der Waals surface area contributed by atoms with Gasteiger partial charge in [-0.3, -0.25) is 24.8 Å². The van der Waals surface area contributed by atoms with Gasteiger partial charge in [0.1, 0.15) is 0 Å². The number of nitrogens with zero attached hydrogens (tertiary/aromatic N) is 3. The van der Waals surface area contributed by atoms with Crippen molar-refractivity contribution in [1.82, 2.24) is 4.57 Å². The summed E-state index contributed by atoms with van der Waals surface area (Å²) in [5.74, 6) is 1.10. The van der Waals surface area contributed by atoms with E-state index in [1.54, 1.807) is 0 Å². The molecule has 0 amide bonds. The van der Waals surface area contributed by atoms with Crippen LogP contribution in [0.2, 0.25) is 0 Å². The van der Waals surface area contributed by atoms with E-state index in [-0.39, 0.29) is 29.3 Å². The first-order valence-corrected chi connectivity index (χ1v) is 8.49. The number of benzene rings is 1. The molecule has 2 N–H and O–H groups in total. The average molecular weight is 357 g/mol. The van der Waals surface area contributed by atoms with E-state index in [2.05, 4.69) is 0 Å². The third-order valence-electron chi connectivity index (χ3n) is 6.22. The Morgan fingerprint density at radius 3 is 1.77 bits per heavy atom. The normalized spacial score (nSPS) is 27.7. The molecule has 2 bridgehead atoms. The van der Waals surface area contributed by atoms with Crippen LogP contribution >= 0.6 is 0 Å². The highest BCUT2D eigenvalue weighted by Gasteiger charge is 2.59. The molecule has 1 aromatic heterocycles. The van der Waals surface area contributed by atoms with Crippen molar-refractivity contribution in [1.29, 1.82) is 0 Å². The third-order valence-corrected chi connectivity index (χ3v) is 6.22. The maximum atomic E-state index is 11.1. The van der Waals surface area contributed by atoms with E-state index >= 15 is 0 Å². The molecular weight excluding hydrogens is 342 g/mol. The topological polar surface area (TPSA) is 132 Å². The van der Waals surface area contributed by atoms with Crippen LogP contribution in [0.5, 0.6) is 11.8 Å². The Labute approximate surface area is 146 Å². The number of hydrogen-bond acceptors (Lipinski definition) is 6. The van der Waals surface area contributed by atoms with Gasteiger partial charge in [-0.15, -0.1) is 0 Å². The average Bonchev–Trinajstić information content (AvgIpc) is 3.38. The van der Waals surface area contributed by atoms with Gasteiger partial charge in [0.25, 0.3) is 11.4 Å². The van der Waals surface area contributed by atoms with Crippen LogP contribution in [-0.4, -0.2) is 24.6 Å². The van der Waals surface area contributed by atoms with Crippen LogP contribution in [0.25, 0.3) is 5.69 Å². The lowest BCUT2D eigenvalue weighted by Gasteiger charge is -2.35. The predicted octanol–water partition coefficient (Wildman–Crippen LogP) is 3.32. The van der Waals surface area contributed by atoms with E-state index in [0.717, 1.165) is 42.0 Å². The fourth-order valence-electron chi connectivity index (χ4n) is 5.14. The molecule has 2 fully saturated rings. The first-order valence-electron chi connectivity index (χ1n) is 8.49. The Hall–Kier alpha value is -3.10. The Morgan fingerprint density at radius 1 is 0.885 bits per heavy atom. The second-order valence-corrected chi connectivity index (χ2v) is 7.39. The summed E-state index contributed by atoms with van der Waals surface area (Å²) in [6, 6.07) is 3.11. The van der Waals surface area contributed by atoms with Crippen molar-refractivity contribution in [2.75, 3.05) is 0 Å². The van der Waals surface area contributed by atoms with Crippen molar-refractivity contribution in [2.24, 2.45) is 11.8 Å². The molecule has 4 atom stereocenters. The molecule has 0 spiro atoms. The van der Waals surface area contributed by atoms with E-state index < -0.39 is 21.2 Å². The molecule has 9 nitrogen and oxygen atoms in total. The van der Waals surface area contributed by atoms with Crippen molar-refractivity contribution in [3.05, 3.63) is 49.6 Å². The number of aromatic nitrogens is 1. The van der Waals surface area contributed by atoms with Crippen LogP contribution in [0.1, 0.15) is 42.2 Å². The largest absolute Gasteiger partial charge is 0.494 e. The smallest absolute Gasteiger partial charge is 0.278 e. The summed E-state index contributed by atoms with van der Waals surface area (Å²) in [6.45, 7) is 0. The first kappa shape index (κ1) is 15.2. The van der Waals surface area contributed by atoms with E-state index in [4.69, 9.17) is 0 Å². The standard InChI is InChI=1S/C17H15N3O6/c21-16-14-10-1-2-11(13-6-12(10)13)15(14)17(22)18(16)7-3-8(19(23)24)5-9(4-7)20(25)26/h3-5,10-13,21-22H,1-2,6H2/t10-,11+,12+,13-. The van der Waals surface area contributed by atoms with Gasteiger partial charge in [0.05, 0.1) is 21.6 Å². The number of nitro benzene ring substituents is 2. The van der Waals surface area contributed by atoms with E-state index in [1.165, 1.54) is 0 Å². The Kier molecular flexibility index (Phi) is 2.77. The predicted molar refractivity (Wildman–Crippen MR) is 88.7 cm³/mol. The summed E-state index contributed by atoms with van der Waals surface area (Å²) >= 11 is 0. The number of non-ortho nitro benzene ring substituents is 2. The summed E-state index contributed by atoms with van der Waals surface area (Å²) in [5, 5.41) is 43.8. The van der Waals surface area contributed by atoms with E-state index in [9.17, 15) is 30.4 Å². The molecule has 2 saturated carbocycles. The molecule has 2 aromatic rings. The second kappa shape index (κ2) is 4.75. The summed E-state index contributed by atoms with van der Waals surface area (Å²) in [6.07, 6.45) is 3.00. The van der Waals surface area contributed by atoms with Crippen LogP contribution < -0.4 is 0 Å². The van der Waals surface area contributed by atoms with Crippen LogP contribution in [0.3, 0.4) is 0 Å². The summed E-state index contributed by atoms with van der Waals surface area (Å²) in [5.41, 5.74) is 0.512. The minimum absolute atomic E-state index is 0.0170. The highest BCUT2D eigenvalue weighted by atomic mass is 16.6. The Morgan fingerprint density at radius 2 is 1.35 bits per heavy atom. The van der Waals surface area contributed by atoms with Crippen LogP contribution in [0.15, 0.2) is 18.2 Å². The van der Waals surface area contributed by atoms with Gasteiger partial charge in [0, 0.05) is 23.3 Å². The third kappa shape index (κ3) is 1.80. The SMILES string of the molecule is O=[N+]([O-])c1cc(-n2c(O)c3c(c2O)[C@@H]2CC[C@H]3[C@H]3C[C@H]32)cc([N+](=O)[O-])c1. The molecule has 0 saturated heterocycles. The minimum atomic E-state index is -0.729. The lowest BCUT2D eigenvalue weighted by molar-refractivity contribution is -0.394. The summed E-state index contributed by atoms with van der Waals surface area (Å²) in [4.78, 5) is 20.8. The van der Waals surface area contributed by atoms with Gasteiger partial charge in [-0.1, -0.05) is 0 Å². The molecule has 1 heterocycles. The lowest BCUT2D eigenvalue weighted by Crippen LogP contribution is -2.22. The molecular formula is C17H15N3O6. The maximum Gasteiger partial charge on any atom is 0.278 e. The number of nitro groups is 2. The van der Waals surface area contributed by atoms with E-state index in [0.29, 0.717) is 23.0 Å². The molecule has 0 aliphatic heterocycles. The zero-order valence-corrected chi connectivity index (χ0v) is 13.5. The van der Waals surface area contributed by atoms with Crippen molar-refractivity contribution in [3.63, 3.8) is 0 Å². The van der Waals surface area contributed by atoms with Gasteiger partial charge in [-0.05, 0) is 42.9 Å². The quantitative estimate of drug-likeness (QED) is 0.640. The second-order valence-electron chi connectivity index (χ2n) is 7.39. The van der Waals surface area contributed by atoms with Gasteiger partial charge < -0.3 is 10.2 Å². The fraction of sp³-hybridized carbons (Fsp3) is 0.412. The number of hydrogen-bond donors (Lipinski definition) is 2. The van der Waals surface area contributed by atoms with Crippen molar-refractivity contribution in [2.45, 2.75) is 31.1 Å². The number of aromatic hydroxyl groups is 2. The van der Waals surface area contributed by atoms with Crippen molar-refractivity contribution >= 4 is 11.4 Å². The monoisotopic (exact) mass is 357 g/mol. The molecule has 134 valence electrons. The minimum Gasteiger partial charge on any atom is -0.494 e. The van der Waals surface area contributed by atoms with Crippen molar-refractivity contribution < 1.29 is 20.1 Å². The molecule has 4 aliphatic rings. The summed E-state index contributed by atoms with van der Waals surface area (Å²) in [7, 11) is 0. The van der Waals surface area contributed by atoms with Gasteiger partial charge in [0.15, 0.2) is 0 Å². The Balaban J connectivity index is 1.74. The van der Waals surface area contributed by atoms with Gasteiger partial charge in [-0.25, -0.2) is 0 Å². The highest BCUT2D eigenvalue weighted by Crippen LogP contribution is 2.70. The molecule has 0 unspecified atom stereocenters. The number of fused-ring (bicyclic) bond motifs is 1. The molecule has 1 aromatic carbocycles. The highest BCUT2D eigenvalue weighted by molar-refractivity contribution is 5.62. The van der Waals surface area contributed by atoms with E-state index in [1.807, 2.05) is 0 Å². The van der Waals surface area contributed by atoms with Gasteiger partial charge >= 0.3 is 0 Å². The molecule has 9 heteroatoms. The first-order chi connectivity index (χ1) is 12.4. The maximum absolute atomic E-state index is 11.1. The van der Waals surface area contributed by atoms with Gasteiger partial charge in [0.2, 0.25) is 11.8 Å². The van der Waals surface area contributed by atoms with Crippen LogP contribution in [-0.2, 0) is 0 Å². The molecule has 6 rings (SSSR count). The molecule has 26 heavy (non-hydrogen) atoms. The zero-order chi connectivity index (χ0) is 18.3. The molecule has 0 radical (unpaired) electrons.